The molecule has 0 spiro atoms. The molecular formula is C24H27Cl2N5O3. The summed E-state index contributed by atoms with van der Waals surface area (Å²) >= 11 is 12.0. The van der Waals surface area contributed by atoms with E-state index in [4.69, 9.17) is 23.2 Å². The number of pyridine rings is 1. The van der Waals surface area contributed by atoms with Gasteiger partial charge in [-0.1, -0.05) is 29.3 Å². The lowest BCUT2D eigenvalue weighted by molar-refractivity contribution is -0.128. The second-order valence-electron chi connectivity index (χ2n) is 8.50. The minimum atomic E-state index is -0.498. The van der Waals surface area contributed by atoms with Gasteiger partial charge in [0.2, 0.25) is 0 Å². The summed E-state index contributed by atoms with van der Waals surface area (Å²) in [5.41, 5.74) is 2.08. The van der Waals surface area contributed by atoms with Crippen LogP contribution in [0.1, 0.15) is 5.56 Å². The smallest absolute Gasteiger partial charge is 0.289 e. The molecule has 0 atom stereocenters. The third-order valence-electron chi connectivity index (χ3n) is 6.22. The fourth-order valence-corrected chi connectivity index (χ4v) is 4.55. The first-order valence-corrected chi connectivity index (χ1v) is 11.9. The molecule has 0 unspecified atom stereocenters. The van der Waals surface area contributed by atoms with Crippen LogP contribution in [0.25, 0.3) is 0 Å². The maximum absolute atomic E-state index is 12.9. The summed E-state index contributed by atoms with van der Waals surface area (Å²) in [6, 6.07) is 9.16. The number of amides is 2. The second kappa shape index (κ2) is 10.6. The van der Waals surface area contributed by atoms with Crippen LogP contribution in [0.2, 0.25) is 10.0 Å². The maximum atomic E-state index is 12.9. The largest absolute Gasteiger partial charge is 0.503 e. The van der Waals surface area contributed by atoms with Gasteiger partial charge >= 0.3 is 0 Å². The van der Waals surface area contributed by atoms with Gasteiger partial charge in [0.1, 0.15) is 0 Å². The predicted molar refractivity (Wildman–Crippen MR) is 132 cm³/mol. The molecule has 1 aromatic carbocycles. The van der Waals surface area contributed by atoms with Crippen molar-refractivity contribution in [3.63, 3.8) is 0 Å². The Morgan fingerprint density at radius 1 is 1.06 bits per heavy atom. The van der Waals surface area contributed by atoms with Gasteiger partial charge in [-0.2, -0.15) is 0 Å². The summed E-state index contributed by atoms with van der Waals surface area (Å²) in [4.78, 5) is 37.2. The van der Waals surface area contributed by atoms with Crippen LogP contribution < -0.4 is 4.90 Å². The first-order valence-electron chi connectivity index (χ1n) is 11.1. The van der Waals surface area contributed by atoms with E-state index in [-0.39, 0.29) is 24.6 Å². The summed E-state index contributed by atoms with van der Waals surface area (Å²) in [6.45, 7) is 5.06. The number of aliphatic hydroxyl groups is 1. The molecule has 1 aromatic heterocycles. The van der Waals surface area contributed by atoms with Crippen LogP contribution in [-0.4, -0.2) is 89.5 Å². The number of carbonyl (C=O) groups excluding carboxylic acids is 2. The van der Waals surface area contributed by atoms with Crippen molar-refractivity contribution in [2.45, 2.75) is 6.54 Å². The SMILES string of the molecule is CN(Cc1ccc(Cl)c(Cl)c1)C(=O)C1=C(O)C(=O)N(CCN2CCN(c3ccncc3)CC2)C1. The molecule has 0 saturated carbocycles. The number of aromatic nitrogens is 1. The van der Waals surface area contributed by atoms with Crippen LogP contribution in [0, 0.1) is 0 Å². The number of rotatable bonds is 7. The van der Waals surface area contributed by atoms with E-state index in [2.05, 4.69) is 14.8 Å². The van der Waals surface area contributed by atoms with Gasteiger partial charge in [-0.3, -0.25) is 19.5 Å². The van der Waals surface area contributed by atoms with Crippen molar-refractivity contribution in [3.8, 4) is 0 Å². The van der Waals surface area contributed by atoms with E-state index in [0.29, 0.717) is 23.1 Å². The number of halogens is 2. The molecule has 0 aliphatic carbocycles. The van der Waals surface area contributed by atoms with Crippen molar-refractivity contribution in [2.24, 2.45) is 0 Å². The zero-order valence-electron chi connectivity index (χ0n) is 19.0. The van der Waals surface area contributed by atoms with Crippen LogP contribution in [-0.2, 0) is 16.1 Å². The van der Waals surface area contributed by atoms with E-state index < -0.39 is 11.7 Å². The summed E-state index contributed by atoms with van der Waals surface area (Å²) in [5, 5.41) is 11.2. The standard InChI is InChI=1S/C24H27Cl2N5O3/c1-28(15-17-2-3-20(25)21(26)14-17)23(33)19-16-31(24(34)22(19)32)13-10-29-8-11-30(12-9-29)18-4-6-27-7-5-18/h2-7,14,32H,8-13,15-16H2,1H3. The molecule has 180 valence electrons. The molecule has 3 heterocycles. The van der Waals surface area contributed by atoms with E-state index >= 15 is 0 Å². The van der Waals surface area contributed by atoms with Gasteiger partial charge < -0.3 is 19.8 Å². The molecule has 1 N–H and O–H groups in total. The molecule has 34 heavy (non-hydrogen) atoms. The number of benzene rings is 1. The number of hydrogen-bond donors (Lipinski definition) is 1. The molecule has 1 saturated heterocycles. The van der Waals surface area contributed by atoms with Gasteiger partial charge in [0.25, 0.3) is 11.8 Å². The summed E-state index contributed by atoms with van der Waals surface area (Å²) in [5.74, 6) is -1.35. The van der Waals surface area contributed by atoms with Crippen LogP contribution >= 0.6 is 23.2 Å². The normalized spacial score (nSPS) is 17.0. The number of piperazine rings is 1. The lowest BCUT2D eigenvalue weighted by Gasteiger charge is -2.36. The topological polar surface area (TPSA) is 80.2 Å². The fraction of sp³-hybridized carbons (Fsp3) is 0.375. The Morgan fingerprint density at radius 2 is 1.76 bits per heavy atom. The van der Waals surface area contributed by atoms with E-state index in [1.54, 1.807) is 37.6 Å². The van der Waals surface area contributed by atoms with E-state index in [1.807, 2.05) is 12.1 Å². The molecule has 1 fully saturated rings. The Hall–Kier alpha value is -2.81. The Kier molecular flexibility index (Phi) is 7.60. The molecule has 2 amide bonds. The zero-order chi connectivity index (χ0) is 24.2. The number of likely N-dealkylation sites (N-methyl/N-ethyl adjacent to an activating group) is 1. The third-order valence-corrected chi connectivity index (χ3v) is 6.96. The molecule has 0 radical (unpaired) electrons. The van der Waals surface area contributed by atoms with Crippen molar-refractivity contribution < 1.29 is 14.7 Å². The fourth-order valence-electron chi connectivity index (χ4n) is 4.23. The second-order valence-corrected chi connectivity index (χ2v) is 9.31. The van der Waals surface area contributed by atoms with Gasteiger partial charge in [-0.25, -0.2) is 0 Å². The Balaban J connectivity index is 1.28. The first kappa shape index (κ1) is 24.3. The molecule has 2 aliphatic rings. The first-order chi connectivity index (χ1) is 16.3. The molecule has 4 rings (SSSR count). The highest BCUT2D eigenvalue weighted by molar-refractivity contribution is 6.42. The van der Waals surface area contributed by atoms with Gasteiger partial charge in [0.05, 0.1) is 22.2 Å². The van der Waals surface area contributed by atoms with Crippen LogP contribution in [0.15, 0.2) is 54.1 Å². The predicted octanol–water partition coefficient (Wildman–Crippen LogP) is 2.82. The van der Waals surface area contributed by atoms with Gasteiger partial charge in [0.15, 0.2) is 5.76 Å². The molecule has 8 nitrogen and oxygen atoms in total. The zero-order valence-corrected chi connectivity index (χ0v) is 20.5. The molecule has 2 aliphatic heterocycles. The van der Waals surface area contributed by atoms with Gasteiger partial charge in [0, 0.05) is 70.9 Å². The Bertz CT molecular complexity index is 1090. The summed E-state index contributed by atoms with van der Waals surface area (Å²) in [6.07, 6.45) is 3.59. The lowest BCUT2D eigenvalue weighted by atomic mass is 10.2. The van der Waals surface area contributed by atoms with Crippen molar-refractivity contribution in [2.75, 3.05) is 57.8 Å². The number of anilines is 1. The highest BCUT2D eigenvalue weighted by atomic mass is 35.5. The van der Waals surface area contributed by atoms with Crippen molar-refractivity contribution >= 4 is 40.7 Å². The average Bonchev–Trinajstić information content (AvgIpc) is 3.14. The molecular weight excluding hydrogens is 477 g/mol. The van der Waals surface area contributed by atoms with Crippen LogP contribution in [0.5, 0.6) is 0 Å². The van der Waals surface area contributed by atoms with E-state index in [0.717, 1.165) is 37.4 Å². The van der Waals surface area contributed by atoms with Crippen LogP contribution in [0.4, 0.5) is 5.69 Å². The van der Waals surface area contributed by atoms with E-state index in [9.17, 15) is 14.7 Å². The monoisotopic (exact) mass is 503 g/mol. The highest BCUT2D eigenvalue weighted by Crippen LogP contribution is 2.24. The highest BCUT2D eigenvalue weighted by Gasteiger charge is 2.35. The minimum absolute atomic E-state index is 0.103. The summed E-state index contributed by atoms with van der Waals surface area (Å²) < 4.78 is 0. The number of nitrogens with zero attached hydrogens (tertiary/aromatic N) is 5. The van der Waals surface area contributed by atoms with E-state index in [1.165, 1.54) is 9.80 Å². The lowest BCUT2D eigenvalue weighted by Crippen LogP contribution is -2.48. The number of aliphatic hydroxyl groups excluding tert-OH is 1. The average molecular weight is 504 g/mol. The van der Waals surface area contributed by atoms with Crippen molar-refractivity contribution in [1.29, 1.82) is 0 Å². The number of hydrogen-bond acceptors (Lipinski definition) is 6. The van der Waals surface area contributed by atoms with Crippen molar-refractivity contribution in [3.05, 3.63) is 69.7 Å². The Labute approximate surface area is 209 Å². The van der Waals surface area contributed by atoms with Crippen LogP contribution in [0.3, 0.4) is 0 Å². The third kappa shape index (κ3) is 5.46. The van der Waals surface area contributed by atoms with Gasteiger partial charge in [-0.05, 0) is 29.8 Å². The maximum Gasteiger partial charge on any atom is 0.289 e. The van der Waals surface area contributed by atoms with Crippen molar-refractivity contribution in [1.82, 2.24) is 19.7 Å². The molecule has 0 bridgehead atoms. The molecule has 10 heteroatoms. The summed E-state index contributed by atoms with van der Waals surface area (Å²) in [7, 11) is 1.63. The molecule has 2 aromatic rings. The quantitative estimate of drug-likeness (QED) is 0.625. The Morgan fingerprint density at radius 3 is 2.44 bits per heavy atom. The minimum Gasteiger partial charge on any atom is -0.503 e. The number of carbonyl (C=O) groups is 2. The van der Waals surface area contributed by atoms with Gasteiger partial charge in [-0.15, -0.1) is 0 Å².